The number of nitrogens with one attached hydrogen (secondary N) is 1. The lowest BCUT2D eigenvalue weighted by atomic mass is 10.0. The Morgan fingerprint density at radius 1 is 0.974 bits per heavy atom. The molecule has 1 N–H and O–H groups in total. The summed E-state index contributed by atoms with van der Waals surface area (Å²) in [5.41, 5.74) is 2.12. The first-order chi connectivity index (χ1) is 18.4. The number of amides is 2. The molecule has 2 aliphatic rings. The number of esters is 1. The Labute approximate surface area is 223 Å². The van der Waals surface area contributed by atoms with E-state index in [2.05, 4.69) is 5.32 Å². The molecule has 0 saturated carbocycles. The number of β-lactam (4-membered cyclic amide) rings is 1. The number of para-hydroxylation sites is 1. The highest BCUT2D eigenvalue weighted by Crippen LogP contribution is 2.38. The minimum Gasteiger partial charge on any atom is -0.614 e. The van der Waals surface area contributed by atoms with E-state index in [1.54, 1.807) is 31.2 Å². The van der Waals surface area contributed by atoms with Gasteiger partial charge in [-0.2, -0.15) is 0 Å². The molecule has 0 radical (unpaired) electrons. The number of carbonyl (C=O) groups excluding carboxylic acids is 3. The maximum atomic E-state index is 13.5. The van der Waals surface area contributed by atoms with Gasteiger partial charge in [-0.3, -0.25) is 14.5 Å². The van der Waals surface area contributed by atoms with Gasteiger partial charge in [-0.25, -0.2) is 4.79 Å². The third-order valence-electron chi connectivity index (χ3n) is 6.37. The molecule has 0 bridgehead atoms. The minimum absolute atomic E-state index is 0.0718. The van der Waals surface area contributed by atoms with Gasteiger partial charge in [0, 0.05) is 5.57 Å². The van der Waals surface area contributed by atoms with Gasteiger partial charge in [0.25, 0.3) is 11.8 Å². The molecule has 2 aliphatic heterocycles. The molecule has 3 aromatic rings. The fraction of sp³-hybridized carbons (Fsp3) is 0.207. The molecule has 3 aromatic carbocycles. The number of hydrogen-bond donors (Lipinski definition) is 1. The molecule has 5 rings (SSSR count). The van der Waals surface area contributed by atoms with E-state index < -0.39 is 46.5 Å². The third kappa shape index (κ3) is 5.16. The minimum atomic E-state index is -1.50. The topological polar surface area (TPSA) is 108 Å². The van der Waals surface area contributed by atoms with Crippen molar-refractivity contribution in [3.8, 4) is 5.75 Å². The van der Waals surface area contributed by atoms with Gasteiger partial charge in [-0.05, 0) is 41.4 Å². The average Bonchev–Trinajstić information content (AvgIpc) is 2.94. The van der Waals surface area contributed by atoms with Crippen LogP contribution in [0.4, 0.5) is 0 Å². The van der Waals surface area contributed by atoms with Gasteiger partial charge in [0.1, 0.15) is 17.2 Å². The molecule has 8 nitrogen and oxygen atoms in total. The summed E-state index contributed by atoms with van der Waals surface area (Å²) in [6, 6.07) is 26.4. The number of hydrogen-bond acceptors (Lipinski definition) is 6. The van der Waals surface area contributed by atoms with E-state index in [4.69, 9.17) is 9.47 Å². The normalized spacial score (nSPS) is 20.4. The zero-order valence-corrected chi connectivity index (χ0v) is 21.4. The van der Waals surface area contributed by atoms with Crippen LogP contribution in [0.25, 0.3) is 0 Å². The Kier molecular flexibility index (Phi) is 7.48. The van der Waals surface area contributed by atoms with Crippen LogP contribution < -0.4 is 10.1 Å². The smallest absolute Gasteiger partial charge is 0.356 e. The monoisotopic (exact) mass is 530 g/mol. The summed E-state index contributed by atoms with van der Waals surface area (Å²) < 4.78 is 24.4. The predicted molar refractivity (Wildman–Crippen MR) is 141 cm³/mol. The van der Waals surface area contributed by atoms with Crippen LogP contribution in [0.3, 0.4) is 0 Å². The first-order valence-corrected chi connectivity index (χ1v) is 13.5. The first-order valence-electron chi connectivity index (χ1n) is 12.1. The van der Waals surface area contributed by atoms with Gasteiger partial charge in [0.2, 0.25) is 5.37 Å². The van der Waals surface area contributed by atoms with Crippen molar-refractivity contribution in [2.24, 2.45) is 0 Å². The number of rotatable bonds is 8. The second-order valence-electron chi connectivity index (χ2n) is 9.01. The summed E-state index contributed by atoms with van der Waals surface area (Å²) in [6.45, 7) is 1.37. The zero-order chi connectivity index (χ0) is 26.6. The fourth-order valence-electron chi connectivity index (χ4n) is 4.58. The molecular weight excluding hydrogens is 504 g/mol. The lowest BCUT2D eigenvalue weighted by Crippen LogP contribution is -2.75. The Hall–Kier alpha value is -4.08. The Morgan fingerprint density at radius 3 is 2.11 bits per heavy atom. The van der Waals surface area contributed by atoms with Crippen LogP contribution in [0, 0.1) is 0 Å². The number of benzene rings is 3. The molecule has 3 atom stereocenters. The van der Waals surface area contributed by atoms with Gasteiger partial charge in [0.05, 0.1) is 0 Å². The summed E-state index contributed by atoms with van der Waals surface area (Å²) >= 11 is -1.50. The van der Waals surface area contributed by atoms with Gasteiger partial charge in [-0.15, -0.1) is 0 Å². The summed E-state index contributed by atoms with van der Waals surface area (Å²) in [7, 11) is 0. The van der Waals surface area contributed by atoms with E-state index in [1.807, 2.05) is 66.7 Å². The van der Waals surface area contributed by atoms with Crippen molar-refractivity contribution in [2.45, 2.75) is 24.4 Å². The first kappa shape index (κ1) is 25.6. The maximum Gasteiger partial charge on any atom is 0.356 e. The summed E-state index contributed by atoms with van der Waals surface area (Å²) in [5, 5.41) is 1.75. The maximum absolute atomic E-state index is 13.5. The average molecular weight is 531 g/mol. The van der Waals surface area contributed by atoms with Crippen LogP contribution >= 0.6 is 0 Å². The molecule has 1 saturated heterocycles. The van der Waals surface area contributed by atoms with E-state index in [9.17, 15) is 18.9 Å². The van der Waals surface area contributed by atoms with Gasteiger partial charge in [0.15, 0.2) is 18.8 Å². The fourth-order valence-corrected chi connectivity index (χ4v) is 6.24. The van der Waals surface area contributed by atoms with Crippen LogP contribution in [-0.2, 0) is 30.3 Å². The molecule has 194 valence electrons. The van der Waals surface area contributed by atoms with Crippen molar-refractivity contribution in [3.05, 3.63) is 113 Å². The van der Waals surface area contributed by atoms with Gasteiger partial charge in [-0.1, -0.05) is 78.9 Å². The Morgan fingerprint density at radius 2 is 1.53 bits per heavy atom. The SMILES string of the molecule is CC1=C(C(=O)OC(c2ccccc2)c2ccccc2)N2C(=O)C(NC(=O)COc3ccccc3)[C@H]2[S+]([O-])C1. The van der Waals surface area contributed by atoms with Crippen LogP contribution in [0.2, 0.25) is 0 Å². The van der Waals surface area contributed by atoms with Gasteiger partial charge < -0.3 is 19.3 Å². The van der Waals surface area contributed by atoms with Crippen molar-refractivity contribution in [1.82, 2.24) is 10.2 Å². The van der Waals surface area contributed by atoms with E-state index in [0.717, 1.165) is 11.1 Å². The molecule has 2 unspecified atom stereocenters. The molecule has 0 aliphatic carbocycles. The largest absolute Gasteiger partial charge is 0.614 e. The highest BCUT2D eigenvalue weighted by atomic mass is 32.2. The Bertz CT molecular complexity index is 1310. The molecule has 9 heteroatoms. The van der Waals surface area contributed by atoms with E-state index >= 15 is 0 Å². The zero-order valence-electron chi connectivity index (χ0n) is 20.6. The second-order valence-corrected chi connectivity index (χ2v) is 10.5. The standard InChI is InChI=1S/C29H26N2O6S/c1-19-18-38(35)28-24(30-23(32)17-36-22-15-9-4-10-16-22)27(33)31(28)25(19)29(34)37-26(20-11-5-2-6-12-20)21-13-7-3-8-14-21/h2-16,24,26,28H,17-18H2,1H3,(H,30,32)/t24?,28-,38?/m1/s1. The van der Waals surface area contributed by atoms with Crippen LogP contribution in [-0.4, -0.2) is 51.0 Å². The number of carbonyl (C=O) groups is 3. The molecule has 0 spiro atoms. The quantitative estimate of drug-likeness (QED) is 0.273. The summed E-state index contributed by atoms with van der Waals surface area (Å²) in [5.74, 6) is -1.12. The van der Waals surface area contributed by atoms with Crippen molar-refractivity contribution < 1.29 is 28.4 Å². The van der Waals surface area contributed by atoms with E-state index in [-0.39, 0.29) is 18.1 Å². The van der Waals surface area contributed by atoms with E-state index in [0.29, 0.717) is 11.3 Å². The lowest BCUT2D eigenvalue weighted by Gasteiger charge is -2.49. The molecule has 0 aromatic heterocycles. The van der Waals surface area contributed by atoms with Crippen LogP contribution in [0.15, 0.2) is 102 Å². The number of nitrogens with zero attached hydrogens (tertiary/aromatic N) is 1. The molecule has 2 heterocycles. The highest BCUT2D eigenvalue weighted by Gasteiger charge is 2.60. The van der Waals surface area contributed by atoms with Gasteiger partial charge >= 0.3 is 5.97 Å². The molecular formula is C29H26N2O6S. The summed E-state index contributed by atoms with van der Waals surface area (Å²) in [4.78, 5) is 40.3. The predicted octanol–water partition coefficient (Wildman–Crippen LogP) is 3.09. The number of fused-ring (bicyclic) bond motifs is 1. The lowest BCUT2D eigenvalue weighted by molar-refractivity contribution is -0.155. The van der Waals surface area contributed by atoms with Crippen LogP contribution in [0.5, 0.6) is 5.75 Å². The molecule has 2 amide bonds. The molecule has 1 fully saturated rings. The van der Waals surface area contributed by atoms with E-state index in [1.165, 1.54) is 4.90 Å². The van der Waals surface area contributed by atoms with Crippen LogP contribution in [0.1, 0.15) is 24.2 Å². The van der Waals surface area contributed by atoms with Crippen molar-refractivity contribution in [2.75, 3.05) is 12.4 Å². The third-order valence-corrected chi connectivity index (χ3v) is 8.11. The highest BCUT2D eigenvalue weighted by molar-refractivity contribution is 7.92. The van der Waals surface area contributed by atoms with Crippen molar-refractivity contribution in [3.63, 3.8) is 0 Å². The summed E-state index contributed by atoms with van der Waals surface area (Å²) in [6.07, 6.45) is -0.696. The second kappa shape index (κ2) is 11.1. The van der Waals surface area contributed by atoms with Crippen molar-refractivity contribution in [1.29, 1.82) is 0 Å². The Balaban J connectivity index is 1.31. The van der Waals surface area contributed by atoms with Crippen molar-refractivity contribution >= 4 is 29.0 Å². The molecule has 38 heavy (non-hydrogen) atoms. The number of ether oxygens (including phenoxy) is 2.